The SMILES string of the molecule is CCCOC(=O)[C@@H](NCCN(C(=O)OC(C)(C)C)C1CCCC1)C(C)C. The van der Waals surface area contributed by atoms with Gasteiger partial charge in [0, 0.05) is 19.1 Å². The van der Waals surface area contributed by atoms with Crippen LogP contribution in [0.3, 0.4) is 0 Å². The fraction of sp³-hybridized carbons (Fsp3) is 0.900. The number of rotatable bonds is 9. The average Bonchev–Trinajstić information content (AvgIpc) is 3.04. The zero-order valence-corrected chi connectivity index (χ0v) is 17.5. The number of carbonyl (C=O) groups excluding carboxylic acids is 2. The second kappa shape index (κ2) is 10.8. The van der Waals surface area contributed by atoms with Crippen molar-refractivity contribution in [1.29, 1.82) is 0 Å². The van der Waals surface area contributed by atoms with Gasteiger partial charge in [0.2, 0.25) is 0 Å². The molecule has 26 heavy (non-hydrogen) atoms. The normalized spacial score (nSPS) is 16.6. The van der Waals surface area contributed by atoms with Crippen molar-refractivity contribution in [3.63, 3.8) is 0 Å². The predicted molar refractivity (Wildman–Crippen MR) is 103 cm³/mol. The molecule has 152 valence electrons. The Labute approximate surface area is 159 Å². The van der Waals surface area contributed by atoms with Crippen LogP contribution < -0.4 is 5.32 Å². The summed E-state index contributed by atoms with van der Waals surface area (Å²) in [4.78, 5) is 26.7. The summed E-state index contributed by atoms with van der Waals surface area (Å²) in [6.45, 7) is 13.1. The summed E-state index contributed by atoms with van der Waals surface area (Å²) in [5.74, 6) is -0.0904. The maximum absolute atomic E-state index is 12.6. The largest absolute Gasteiger partial charge is 0.465 e. The first-order valence-electron chi connectivity index (χ1n) is 10.0. The molecule has 1 rings (SSSR count). The molecular formula is C20H38N2O4. The van der Waals surface area contributed by atoms with Crippen LogP contribution >= 0.6 is 0 Å². The van der Waals surface area contributed by atoms with Crippen molar-refractivity contribution in [2.45, 2.75) is 91.3 Å². The number of esters is 1. The second-order valence-electron chi connectivity index (χ2n) is 8.46. The van der Waals surface area contributed by atoms with Gasteiger partial charge in [-0.3, -0.25) is 4.79 Å². The van der Waals surface area contributed by atoms with Crippen LogP contribution in [0, 0.1) is 5.92 Å². The van der Waals surface area contributed by atoms with Gasteiger partial charge in [0.05, 0.1) is 6.61 Å². The number of nitrogens with one attached hydrogen (secondary N) is 1. The first-order valence-corrected chi connectivity index (χ1v) is 10.0. The van der Waals surface area contributed by atoms with Gasteiger partial charge >= 0.3 is 12.1 Å². The van der Waals surface area contributed by atoms with E-state index in [0.29, 0.717) is 19.7 Å². The number of ether oxygens (including phenoxy) is 2. The number of carbonyl (C=O) groups is 2. The topological polar surface area (TPSA) is 67.9 Å². The van der Waals surface area contributed by atoms with E-state index >= 15 is 0 Å². The molecule has 1 aliphatic rings. The van der Waals surface area contributed by atoms with Crippen LogP contribution in [0.2, 0.25) is 0 Å². The summed E-state index contributed by atoms with van der Waals surface area (Å²) in [5, 5.41) is 3.28. The van der Waals surface area contributed by atoms with E-state index in [2.05, 4.69) is 5.32 Å². The minimum atomic E-state index is -0.508. The molecule has 0 radical (unpaired) electrons. The molecule has 1 saturated carbocycles. The molecule has 1 amide bonds. The van der Waals surface area contributed by atoms with E-state index in [9.17, 15) is 9.59 Å². The highest BCUT2D eigenvalue weighted by atomic mass is 16.6. The molecule has 0 saturated heterocycles. The zero-order valence-electron chi connectivity index (χ0n) is 17.5. The lowest BCUT2D eigenvalue weighted by atomic mass is 10.0. The van der Waals surface area contributed by atoms with Gasteiger partial charge < -0.3 is 19.7 Å². The van der Waals surface area contributed by atoms with Crippen molar-refractivity contribution in [2.75, 3.05) is 19.7 Å². The Morgan fingerprint density at radius 3 is 2.31 bits per heavy atom. The molecule has 0 spiro atoms. The molecule has 0 aromatic carbocycles. The van der Waals surface area contributed by atoms with Crippen molar-refractivity contribution < 1.29 is 19.1 Å². The molecule has 1 atom stereocenters. The lowest BCUT2D eigenvalue weighted by Crippen LogP contribution is -2.49. The van der Waals surface area contributed by atoms with Gasteiger partial charge in [0.15, 0.2) is 0 Å². The monoisotopic (exact) mass is 370 g/mol. The molecule has 0 aromatic rings. The Hall–Kier alpha value is -1.30. The van der Waals surface area contributed by atoms with Gasteiger partial charge in [0.1, 0.15) is 11.6 Å². The van der Waals surface area contributed by atoms with Gasteiger partial charge in [-0.25, -0.2) is 4.79 Å². The third kappa shape index (κ3) is 7.94. The van der Waals surface area contributed by atoms with Crippen LogP contribution in [-0.2, 0) is 14.3 Å². The Morgan fingerprint density at radius 2 is 1.81 bits per heavy atom. The Balaban J connectivity index is 2.63. The number of hydrogen-bond donors (Lipinski definition) is 1. The molecule has 0 bridgehead atoms. The van der Waals surface area contributed by atoms with Crippen LogP contribution in [-0.4, -0.2) is 54.3 Å². The minimum absolute atomic E-state index is 0.126. The van der Waals surface area contributed by atoms with Crippen LogP contribution in [0.4, 0.5) is 4.79 Å². The van der Waals surface area contributed by atoms with Crippen LogP contribution in [0.5, 0.6) is 0 Å². The highest BCUT2D eigenvalue weighted by Gasteiger charge is 2.31. The summed E-state index contributed by atoms with van der Waals surface area (Å²) >= 11 is 0. The van der Waals surface area contributed by atoms with Crippen molar-refractivity contribution in [3.8, 4) is 0 Å². The van der Waals surface area contributed by atoms with E-state index in [1.165, 1.54) is 0 Å². The zero-order chi connectivity index (χ0) is 19.7. The number of amides is 1. The van der Waals surface area contributed by atoms with E-state index < -0.39 is 5.60 Å². The maximum Gasteiger partial charge on any atom is 0.410 e. The Bertz CT molecular complexity index is 440. The van der Waals surface area contributed by atoms with E-state index in [1.54, 1.807) is 0 Å². The minimum Gasteiger partial charge on any atom is -0.465 e. The Morgan fingerprint density at radius 1 is 1.19 bits per heavy atom. The van der Waals surface area contributed by atoms with Crippen molar-refractivity contribution in [1.82, 2.24) is 10.2 Å². The van der Waals surface area contributed by atoms with Crippen LogP contribution in [0.25, 0.3) is 0 Å². The molecule has 6 nitrogen and oxygen atoms in total. The van der Waals surface area contributed by atoms with Gasteiger partial charge in [-0.05, 0) is 46.0 Å². The van der Waals surface area contributed by atoms with Crippen molar-refractivity contribution in [3.05, 3.63) is 0 Å². The smallest absolute Gasteiger partial charge is 0.410 e. The van der Waals surface area contributed by atoms with E-state index in [-0.39, 0.29) is 30.1 Å². The third-order valence-electron chi connectivity index (χ3n) is 4.48. The van der Waals surface area contributed by atoms with Crippen LogP contribution in [0.1, 0.15) is 73.6 Å². The van der Waals surface area contributed by atoms with Crippen molar-refractivity contribution in [2.24, 2.45) is 5.92 Å². The van der Waals surface area contributed by atoms with Gasteiger partial charge in [-0.2, -0.15) is 0 Å². The fourth-order valence-electron chi connectivity index (χ4n) is 3.18. The predicted octanol–water partition coefficient (Wildman–Crippen LogP) is 3.73. The summed E-state index contributed by atoms with van der Waals surface area (Å²) in [5.41, 5.74) is -0.508. The summed E-state index contributed by atoms with van der Waals surface area (Å²) in [6, 6.07) is -0.123. The summed E-state index contributed by atoms with van der Waals surface area (Å²) in [7, 11) is 0. The quantitative estimate of drug-likeness (QED) is 0.626. The molecular weight excluding hydrogens is 332 g/mol. The first-order chi connectivity index (χ1) is 12.2. The van der Waals surface area contributed by atoms with Gasteiger partial charge in [0.25, 0.3) is 0 Å². The standard InChI is InChI=1S/C20H38N2O4/c1-7-14-25-18(23)17(15(2)3)21-12-13-22(16-10-8-9-11-16)19(24)26-20(4,5)6/h15-17,21H,7-14H2,1-6H3/t17-/m0/s1. The summed E-state index contributed by atoms with van der Waals surface area (Å²) < 4.78 is 10.9. The number of hydrogen-bond acceptors (Lipinski definition) is 5. The number of nitrogens with zero attached hydrogens (tertiary/aromatic N) is 1. The van der Waals surface area contributed by atoms with E-state index in [0.717, 1.165) is 32.1 Å². The molecule has 6 heteroatoms. The highest BCUT2D eigenvalue weighted by molar-refractivity contribution is 5.76. The fourth-order valence-corrected chi connectivity index (χ4v) is 3.18. The first kappa shape index (κ1) is 22.7. The molecule has 1 N–H and O–H groups in total. The Kier molecular flexibility index (Phi) is 9.41. The molecule has 0 aliphatic heterocycles. The lowest BCUT2D eigenvalue weighted by Gasteiger charge is -2.32. The molecule has 0 unspecified atom stereocenters. The highest BCUT2D eigenvalue weighted by Crippen LogP contribution is 2.25. The second-order valence-corrected chi connectivity index (χ2v) is 8.46. The molecule has 1 aliphatic carbocycles. The molecule has 1 fully saturated rings. The molecule has 0 heterocycles. The third-order valence-corrected chi connectivity index (χ3v) is 4.48. The average molecular weight is 371 g/mol. The van der Waals surface area contributed by atoms with E-state index in [4.69, 9.17) is 9.47 Å². The van der Waals surface area contributed by atoms with Crippen molar-refractivity contribution >= 4 is 12.1 Å². The van der Waals surface area contributed by atoms with Gasteiger partial charge in [-0.15, -0.1) is 0 Å². The van der Waals surface area contributed by atoms with E-state index in [1.807, 2.05) is 46.4 Å². The summed E-state index contributed by atoms with van der Waals surface area (Å²) in [6.07, 6.45) is 4.88. The lowest BCUT2D eigenvalue weighted by molar-refractivity contribution is -0.147. The van der Waals surface area contributed by atoms with Crippen LogP contribution in [0.15, 0.2) is 0 Å². The maximum atomic E-state index is 12.6. The molecule has 0 aromatic heterocycles. The van der Waals surface area contributed by atoms with Gasteiger partial charge in [-0.1, -0.05) is 33.6 Å².